The van der Waals surface area contributed by atoms with Crippen LogP contribution in [0.2, 0.25) is 0 Å². The van der Waals surface area contributed by atoms with Gasteiger partial charge in [0.05, 0.1) is 5.52 Å². The molecule has 31 heavy (non-hydrogen) atoms. The number of fused-ring (bicyclic) bond motifs is 1. The topological polar surface area (TPSA) is 88.7 Å². The summed E-state index contributed by atoms with van der Waals surface area (Å²) in [6.45, 7) is 0.780. The number of hydrogen-bond donors (Lipinski definition) is 2. The molecule has 2 heterocycles. The van der Waals surface area contributed by atoms with Gasteiger partial charge in [-0.2, -0.15) is 0 Å². The van der Waals surface area contributed by atoms with E-state index >= 15 is 0 Å². The average Bonchev–Trinajstić information content (AvgIpc) is 2.81. The molecule has 1 atom stereocenters. The predicted octanol–water partition coefficient (Wildman–Crippen LogP) is 3.81. The van der Waals surface area contributed by atoms with Crippen LogP contribution in [0.5, 0.6) is 0 Å². The molecule has 166 valence electrons. The second kappa shape index (κ2) is 10.2. The molecular weight excluding hydrogens is 388 g/mol. The molecular formula is C24H34N6O. The highest BCUT2D eigenvalue weighted by Crippen LogP contribution is 2.28. The molecule has 1 aromatic heterocycles. The predicted molar refractivity (Wildman–Crippen MR) is 127 cm³/mol. The normalized spacial score (nSPS) is 25.4. The summed E-state index contributed by atoms with van der Waals surface area (Å²) < 4.78 is 5.71. The molecule has 1 saturated heterocycles. The summed E-state index contributed by atoms with van der Waals surface area (Å²) in [5, 5.41) is 4.69. The number of ether oxygens (including phenoxy) is 1. The average molecular weight is 423 g/mol. The maximum atomic E-state index is 5.94. The number of aromatic nitrogens is 2. The van der Waals surface area contributed by atoms with E-state index in [1.807, 2.05) is 18.3 Å². The lowest BCUT2D eigenvalue weighted by atomic mass is 9.90. The van der Waals surface area contributed by atoms with E-state index in [1.54, 1.807) is 12.5 Å². The number of hydrogen-bond acceptors (Lipinski definition) is 7. The second-order valence-corrected chi connectivity index (χ2v) is 8.79. The Morgan fingerprint density at radius 1 is 1.16 bits per heavy atom. The van der Waals surface area contributed by atoms with Gasteiger partial charge in [0.15, 0.2) is 0 Å². The van der Waals surface area contributed by atoms with E-state index in [0.29, 0.717) is 12.1 Å². The number of rotatable bonds is 6. The zero-order valence-electron chi connectivity index (χ0n) is 18.6. The maximum absolute atomic E-state index is 5.94. The molecule has 0 amide bonds. The minimum atomic E-state index is -0.0676. The molecule has 0 radical (unpaired) electrons. The molecule has 3 N–H and O–H groups in total. The van der Waals surface area contributed by atoms with Crippen LogP contribution in [-0.2, 0) is 4.74 Å². The Balaban J connectivity index is 1.52. The van der Waals surface area contributed by atoms with Gasteiger partial charge in [-0.3, -0.25) is 4.99 Å². The summed E-state index contributed by atoms with van der Waals surface area (Å²) in [5.41, 5.74) is 8.74. The highest BCUT2D eigenvalue weighted by molar-refractivity contribution is 6.11. The van der Waals surface area contributed by atoms with Crippen LogP contribution in [0, 0.1) is 0 Å². The van der Waals surface area contributed by atoms with Crippen molar-refractivity contribution in [3.63, 3.8) is 0 Å². The lowest BCUT2D eigenvalue weighted by molar-refractivity contribution is 0.0227. The lowest BCUT2D eigenvalue weighted by Gasteiger charge is -2.33. The van der Waals surface area contributed by atoms with Gasteiger partial charge in [-0.05, 0) is 76.7 Å². The first-order valence-electron chi connectivity index (χ1n) is 11.4. The Hall–Kier alpha value is -2.51. The Bertz CT molecular complexity index is 927. The summed E-state index contributed by atoms with van der Waals surface area (Å²) in [5.74, 6) is 0.893. The number of nitrogens with zero attached hydrogens (tertiary/aromatic N) is 4. The second-order valence-electron chi connectivity index (χ2n) is 8.79. The van der Waals surface area contributed by atoms with Crippen LogP contribution in [0.15, 0.2) is 35.7 Å². The number of allylic oxidation sites excluding steroid dienone is 1. The Morgan fingerprint density at radius 2 is 2.00 bits per heavy atom. The van der Waals surface area contributed by atoms with E-state index in [9.17, 15) is 0 Å². The number of benzene rings is 1. The van der Waals surface area contributed by atoms with Gasteiger partial charge in [0, 0.05) is 42.1 Å². The fraction of sp³-hybridized carbons (Fsp3) is 0.542. The van der Waals surface area contributed by atoms with Crippen molar-refractivity contribution >= 4 is 28.5 Å². The van der Waals surface area contributed by atoms with Crippen LogP contribution in [-0.4, -0.2) is 60.1 Å². The third-order valence-electron chi connectivity index (χ3n) is 6.45. The van der Waals surface area contributed by atoms with Crippen molar-refractivity contribution in [2.75, 3.05) is 26.0 Å². The third kappa shape index (κ3) is 5.40. The number of nitrogens with two attached hydrogens (primary N) is 1. The van der Waals surface area contributed by atoms with Crippen molar-refractivity contribution < 1.29 is 4.74 Å². The van der Waals surface area contributed by atoms with Gasteiger partial charge >= 0.3 is 0 Å². The minimum Gasteiger partial charge on any atom is -0.404 e. The molecule has 0 spiro atoms. The number of aliphatic imine (C=N–C) groups is 1. The number of anilines is 1. The van der Waals surface area contributed by atoms with Crippen LogP contribution in [0.3, 0.4) is 0 Å². The quantitative estimate of drug-likeness (QED) is 0.688. The fourth-order valence-corrected chi connectivity index (χ4v) is 4.50. The van der Waals surface area contributed by atoms with Crippen molar-refractivity contribution in [1.82, 2.24) is 14.9 Å². The van der Waals surface area contributed by atoms with Gasteiger partial charge in [-0.25, -0.2) is 9.97 Å². The van der Waals surface area contributed by atoms with E-state index in [0.717, 1.165) is 66.6 Å². The molecule has 7 heteroatoms. The summed E-state index contributed by atoms with van der Waals surface area (Å²) in [4.78, 5) is 16.0. The summed E-state index contributed by atoms with van der Waals surface area (Å²) in [7, 11) is 4.34. The molecule has 1 saturated carbocycles. The van der Waals surface area contributed by atoms with E-state index in [4.69, 9.17) is 10.5 Å². The molecule has 2 aliphatic rings. The molecule has 1 aromatic carbocycles. The first kappa shape index (κ1) is 21.7. The third-order valence-corrected chi connectivity index (χ3v) is 6.45. The molecule has 0 bridgehead atoms. The van der Waals surface area contributed by atoms with Gasteiger partial charge < -0.3 is 20.7 Å². The first-order chi connectivity index (χ1) is 15.1. The van der Waals surface area contributed by atoms with Gasteiger partial charge in [-0.1, -0.05) is 6.07 Å². The van der Waals surface area contributed by atoms with Crippen LogP contribution < -0.4 is 11.1 Å². The maximum Gasteiger partial charge on any atom is 0.148 e. The molecule has 4 rings (SSSR count). The highest BCUT2D eigenvalue weighted by atomic mass is 16.5. The van der Waals surface area contributed by atoms with Crippen molar-refractivity contribution in [3.05, 3.63) is 36.3 Å². The van der Waals surface area contributed by atoms with E-state index < -0.39 is 0 Å². The van der Waals surface area contributed by atoms with Gasteiger partial charge in [0.2, 0.25) is 0 Å². The molecule has 1 unspecified atom stereocenters. The first-order valence-corrected chi connectivity index (χ1v) is 11.4. The molecule has 7 nitrogen and oxygen atoms in total. The summed E-state index contributed by atoms with van der Waals surface area (Å²) in [6.07, 6.45) is 12.9. The van der Waals surface area contributed by atoms with Crippen LogP contribution in [0.1, 0.15) is 50.5 Å². The van der Waals surface area contributed by atoms with E-state index in [2.05, 4.69) is 45.3 Å². The smallest absolute Gasteiger partial charge is 0.148 e. The van der Waals surface area contributed by atoms with Crippen LogP contribution in [0.25, 0.3) is 16.5 Å². The van der Waals surface area contributed by atoms with Crippen molar-refractivity contribution in [2.45, 2.75) is 63.3 Å². The van der Waals surface area contributed by atoms with E-state index in [-0.39, 0.29) is 6.23 Å². The van der Waals surface area contributed by atoms with Crippen molar-refractivity contribution in [2.24, 2.45) is 10.7 Å². The lowest BCUT2D eigenvalue weighted by Crippen LogP contribution is -2.36. The van der Waals surface area contributed by atoms with Gasteiger partial charge in [0.25, 0.3) is 0 Å². The number of nitrogens with one attached hydrogen (secondary N) is 1. The Labute approximate surface area is 184 Å². The highest BCUT2D eigenvalue weighted by Gasteiger charge is 2.23. The van der Waals surface area contributed by atoms with Crippen molar-refractivity contribution in [1.29, 1.82) is 0 Å². The Morgan fingerprint density at radius 3 is 2.71 bits per heavy atom. The van der Waals surface area contributed by atoms with Crippen LogP contribution in [0.4, 0.5) is 5.82 Å². The van der Waals surface area contributed by atoms with Gasteiger partial charge in [0.1, 0.15) is 18.4 Å². The molecule has 2 fully saturated rings. The molecule has 2 aromatic rings. The molecule has 1 aliphatic heterocycles. The van der Waals surface area contributed by atoms with Gasteiger partial charge in [-0.15, -0.1) is 0 Å². The minimum absolute atomic E-state index is 0.0676. The zero-order chi connectivity index (χ0) is 21.6. The standard InChI is InChI=1S/C24H34N6O/c1-30(2)20-9-7-19(8-10-20)29-24-21-13-17(6-11-22(21)27-16-28-24)18(14-25)15-26-23-5-3-4-12-31-23/h6,11,13-16,19-20,23H,3-5,7-10,12,25H2,1-2H3,(H,27,28,29). The largest absolute Gasteiger partial charge is 0.404 e. The SMILES string of the molecule is CN(C)C1CCC(Nc2ncnc3ccc(C(C=NC4CCCCO4)=CN)cc23)CC1. The van der Waals surface area contributed by atoms with Crippen LogP contribution >= 0.6 is 0 Å². The van der Waals surface area contributed by atoms with E-state index in [1.165, 1.54) is 12.8 Å². The fourth-order valence-electron chi connectivity index (χ4n) is 4.50. The Kier molecular flexibility index (Phi) is 7.14. The summed E-state index contributed by atoms with van der Waals surface area (Å²) in [6, 6.07) is 7.28. The monoisotopic (exact) mass is 422 g/mol. The van der Waals surface area contributed by atoms with Crippen molar-refractivity contribution in [3.8, 4) is 0 Å². The zero-order valence-corrected chi connectivity index (χ0v) is 18.6. The molecule has 1 aliphatic carbocycles. The summed E-state index contributed by atoms with van der Waals surface area (Å²) >= 11 is 0.